The Bertz CT molecular complexity index is 183. The molecule has 0 bridgehead atoms. The molecule has 1 unspecified atom stereocenters. The standard InChI is InChI=1S/C11H22N2O2/c1-4-6-8-15-9-7-13-10(3)11(14)12-5-2/h4,10,13H,1,5-9H2,2-3H3,(H,12,14). The molecule has 4 nitrogen and oxygen atoms in total. The normalized spacial score (nSPS) is 12.1. The number of carbonyl (C=O) groups excluding carboxylic acids is 1. The second-order valence-electron chi connectivity index (χ2n) is 3.26. The van der Waals surface area contributed by atoms with E-state index in [0.29, 0.717) is 26.3 Å². The maximum atomic E-state index is 11.3. The molecule has 0 spiro atoms. The predicted octanol–water partition coefficient (Wildman–Crippen LogP) is 0.693. The molecule has 1 atom stereocenters. The number of hydrogen-bond donors (Lipinski definition) is 2. The predicted molar refractivity (Wildman–Crippen MR) is 61.8 cm³/mol. The van der Waals surface area contributed by atoms with Gasteiger partial charge >= 0.3 is 0 Å². The molecule has 0 heterocycles. The van der Waals surface area contributed by atoms with Crippen LogP contribution in [0.25, 0.3) is 0 Å². The number of rotatable bonds is 9. The fourth-order valence-electron chi connectivity index (χ4n) is 1.04. The van der Waals surface area contributed by atoms with Crippen molar-refractivity contribution in [3.63, 3.8) is 0 Å². The highest BCUT2D eigenvalue weighted by Crippen LogP contribution is 1.84. The van der Waals surface area contributed by atoms with Gasteiger partial charge in [-0.25, -0.2) is 0 Å². The first kappa shape index (κ1) is 14.1. The highest BCUT2D eigenvalue weighted by atomic mass is 16.5. The van der Waals surface area contributed by atoms with E-state index in [9.17, 15) is 4.79 Å². The van der Waals surface area contributed by atoms with E-state index >= 15 is 0 Å². The number of likely N-dealkylation sites (N-methyl/N-ethyl adjacent to an activating group) is 1. The number of ether oxygens (including phenoxy) is 1. The third-order valence-corrected chi connectivity index (χ3v) is 1.91. The van der Waals surface area contributed by atoms with Crippen LogP contribution in [0.4, 0.5) is 0 Å². The van der Waals surface area contributed by atoms with Gasteiger partial charge < -0.3 is 15.4 Å². The molecule has 0 fully saturated rings. The zero-order chi connectivity index (χ0) is 11.5. The molecule has 0 aliphatic carbocycles. The first-order valence-electron chi connectivity index (χ1n) is 5.42. The minimum Gasteiger partial charge on any atom is -0.380 e. The van der Waals surface area contributed by atoms with E-state index in [1.165, 1.54) is 0 Å². The molecule has 0 aliphatic heterocycles. The van der Waals surface area contributed by atoms with Crippen LogP contribution in [0, 0.1) is 0 Å². The van der Waals surface area contributed by atoms with Gasteiger partial charge in [0.25, 0.3) is 0 Å². The van der Waals surface area contributed by atoms with Crippen molar-refractivity contribution in [2.24, 2.45) is 0 Å². The molecular formula is C11H22N2O2. The maximum Gasteiger partial charge on any atom is 0.236 e. The Morgan fingerprint density at radius 1 is 1.53 bits per heavy atom. The van der Waals surface area contributed by atoms with Gasteiger partial charge in [0, 0.05) is 13.1 Å². The van der Waals surface area contributed by atoms with Crippen molar-refractivity contribution in [2.45, 2.75) is 26.3 Å². The summed E-state index contributed by atoms with van der Waals surface area (Å²) in [6.07, 6.45) is 2.69. The Balaban J connectivity index is 3.34. The van der Waals surface area contributed by atoms with Gasteiger partial charge in [-0.1, -0.05) is 6.08 Å². The molecule has 15 heavy (non-hydrogen) atoms. The zero-order valence-corrected chi connectivity index (χ0v) is 9.71. The average molecular weight is 214 g/mol. The van der Waals surface area contributed by atoms with Crippen LogP contribution in [0.5, 0.6) is 0 Å². The summed E-state index contributed by atoms with van der Waals surface area (Å²) in [6, 6.07) is -0.159. The summed E-state index contributed by atoms with van der Waals surface area (Å²) in [7, 11) is 0. The van der Waals surface area contributed by atoms with Crippen LogP contribution in [0.3, 0.4) is 0 Å². The van der Waals surface area contributed by atoms with Crippen LogP contribution in [-0.2, 0) is 9.53 Å². The van der Waals surface area contributed by atoms with Crippen molar-refractivity contribution in [1.29, 1.82) is 0 Å². The number of carbonyl (C=O) groups is 1. The van der Waals surface area contributed by atoms with E-state index in [1.807, 2.05) is 19.9 Å². The Hall–Kier alpha value is -0.870. The van der Waals surface area contributed by atoms with Crippen LogP contribution in [-0.4, -0.2) is 38.3 Å². The quantitative estimate of drug-likeness (QED) is 0.438. The Labute approximate surface area is 92.1 Å². The van der Waals surface area contributed by atoms with E-state index in [4.69, 9.17) is 4.74 Å². The van der Waals surface area contributed by atoms with Gasteiger partial charge in [-0.05, 0) is 20.3 Å². The summed E-state index contributed by atoms with van der Waals surface area (Å²) in [5, 5.41) is 5.83. The SMILES string of the molecule is C=CCCOCCNC(C)C(=O)NCC. The number of hydrogen-bond acceptors (Lipinski definition) is 3. The lowest BCUT2D eigenvalue weighted by atomic mass is 10.3. The zero-order valence-electron chi connectivity index (χ0n) is 9.71. The molecule has 0 rings (SSSR count). The van der Waals surface area contributed by atoms with Crippen molar-refractivity contribution < 1.29 is 9.53 Å². The van der Waals surface area contributed by atoms with Crippen LogP contribution in [0.15, 0.2) is 12.7 Å². The highest BCUT2D eigenvalue weighted by molar-refractivity contribution is 5.81. The Morgan fingerprint density at radius 2 is 2.27 bits per heavy atom. The van der Waals surface area contributed by atoms with Gasteiger partial charge in [-0.15, -0.1) is 6.58 Å². The average Bonchev–Trinajstić information content (AvgIpc) is 2.23. The van der Waals surface area contributed by atoms with Crippen molar-refractivity contribution in [3.05, 3.63) is 12.7 Å². The fourth-order valence-corrected chi connectivity index (χ4v) is 1.04. The number of nitrogens with one attached hydrogen (secondary N) is 2. The largest absolute Gasteiger partial charge is 0.380 e. The summed E-state index contributed by atoms with van der Waals surface area (Å²) in [5.74, 6) is 0.0311. The van der Waals surface area contributed by atoms with Crippen molar-refractivity contribution in [2.75, 3.05) is 26.3 Å². The first-order valence-corrected chi connectivity index (χ1v) is 5.42. The molecule has 1 amide bonds. The van der Waals surface area contributed by atoms with Crippen molar-refractivity contribution >= 4 is 5.91 Å². The van der Waals surface area contributed by atoms with Crippen LogP contribution in [0.1, 0.15) is 20.3 Å². The second kappa shape index (κ2) is 9.68. The van der Waals surface area contributed by atoms with Gasteiger partial charge in [-0.3, -0.25) is 4.79 Å². The molecule has 0 saturated heterocycles. The summed E-state index contributed by atoms with van der Waals surface area (Å²) in [5.41, 5.74) is 0. The molecule has 2 N–H and O–H groups in total. The molecular weight excluding hydrogens is 192 g/mol. The van der Waals surface area contributed by atoms with Crippen LogP contribution < -0.4 is 10.6 Å². The molecule has 88 valence electrons. The Kier molecular flexibility index (Phi) is 9.11. The fraction of sp³-hybridized carbons (Fsp3) is 0.727. The van der Waals surface area contributed by atoms with E-state index in [0.717, 1.165) is 6.42 Å². The third-order valence-electron chi connectivity index (χ3n) is 1.91. The minimum atomic E-state index is -0.159. The summed E-state index contributed by atoms with van der Waals surface area (Å²) >= 11 is 0. The Morgan fingerprint density at radius 3 is 2.87 bits per heavy atom. The monoisotopic (exact) mass is 214 g/mol. The lowest BCUT2D eigenvalue weighted by Crippen LogP contribution is -2.43. The topological polar surface area (TPSA) is 50.4 Å². The van der Waals surface area contributed by atoms with E-state index < -0.39 is 0 Å². The summed E-state index contributed by atoms with van der Waals surface area (Å²) in [4.78, 5) is 11.3. The van der Waals surface area contributed by atoms with E-state index in [1.54, 1.807) is 0 Å². The van der Waals surface area contributed by atoms with Crippen LogP contribution in [0.2, 0.25) is 0 Å². The lowest BCUT2D eigenvalue weighted by Gasteiger charge is -2.12. The second-order valence-corrected chi connectivity index (χ2v) is 3.26. The lowest BCUT2D eigenvalue weighted by molar-refractivity contribution is -0.122. The molecule has 0 aliphatic rings. The smallest absolute Gasteiger partial charge is 0.236 e. The van der Waals surface area contributed by atoms with E-state index in [2.05, 4.69) is 17.2 Å². The van der Waals surface area contributed by atoms with Gasteiger partial charge in [0.2, 0.25) is 5.91 Å². The summed E-state index contributed by atoms with van der Waals surface area (Å²) in [6.45, 7) is 10.0. The van der Waals surface area contributed by atoms with E-state index in [-0.39, 0.29) is 11.9 Å². The molecule has 0 aromatic heterocycles. The molecule has 0 aromatic rings. The molecule has 0 aromatic carbocycles. The highest BCUT2D eigenvalue weighted by Gasteiger charge is 2.09. The van der Waals surface area contributed by atoms with Gasteiger partial charge in [-0.2, -0.15) is 0 Å². The minimum absolute atomic E-state index is 0.0311. The number of amides is 1. The molecule has 0 saturated carbocycles. The molecule has 0 radical (unpaired) electrons. The van der Waals surface area contributed by atoms with Gasteiger partial charge in [0.1, 0.15) is 0 Å². The van der Waals surface area contributed by atoms with Gasteiger partial charge in [0.05, 0.1) is 19.3 Å². The van der Waals surface area contributed by atoms with Crippen molar-refractivity contribution in [3.8, 4) is 0 Å². The first-order chi connectivity index (χ1) is 7.22. The third kappa shape index (κ3) is 8.15. The summed E-state index contributed by atoms with van der Waals surface area (Å²) < 4.78 is 5.30. The maximum absolute atomic E-state index is 11.3. The molecule has 4 heteroatoms. The van der Waals surface area contributed by atoms with Crippen LogP contribution >= 0.6 is 0 Å². The van der Waals surface area contributed by atoms with Crippen molar-refractivity contribution in [1.82, 2.24) is 10.6 Å². The van der Waals surface area contributed by atoms with Gasteiger partial charge in [0.15, 0.2) is 0 Å².